The van der Waals surface area contributed by atoms with Gasteiger partial charge in [-0.05, 0) is 37.1 Å². The van der Waals surface area contributed by atoms with Crippen molar-refractivity contribution in [3.8, 4) is 11.4 Å². The Bertz CT molecular complexity index is 1010. The molecule has 156 valence electrons. The Morgan fingerprint density at radius 3 is 2.83 bits per heavy atom. The second-order valence-electron chi connectivity index (χ2n) is 7.41. The fourth-order valence-electron chi connectivity index (χ4n) is 3.62. The number of nitrogens with one attached hydrogen (secondary N) is 1. The quantitative estimate of drug-likeness (QED) is 0.602. The second-order valence-corrected chi connectivity index (χ2v) is 8.25. The van der Waals surface area contributed by atoms with Crippen LogP contribution in [0.25, 0.3) is 11.4 Å². The number of carbonyl (C=O) groups excluding carboxylic acids is 1. The van der Waals surface area contributed by atoms with Crippen LogP contribution in [0, 0.1) is 5.92 Å². The predicted molar refractivity (Wildman–Crippen MR) is 116 cm³/mol. The summed E-state index contributed by atoms with van der Waals surface area (Å²) in [5, 5.41) is 8.20. The van der Waals surface area contributed by atoms with E-state index >= 15 is 0 Å². The maximum Gasteiger partial charge on any atom is 0.241 e. The topological polar surface area (TPSA) is 71.3 Å². The SMILES string of the molecule is O=C(NCc1ccc(Cl)cc1Cl)C1CCCN(Cc2nc(-c3ccccc3)no2)C1. The van der Waals surface area contributed by atoms with Crippen LogP contribution in [0.2, 0.25) is 10.0 Å². The molecule has 1 N–H and O–H groups in total. The van der Waals surface area contributed by atoms with E-state index in [0.717, 1.165) is 30.5 Å². The number of benzene rings is 2. The van der Waals surface area contributed by atoms with E-state index in [-0.39, 0.29) is 11.8 Å². The van der Waals surface area contributed by atoms with Gasteiger partial charge in [0, 0.05) is 28.7 Å². The van der Waals surface area contributed by atoms with Crippen molar-refractivity contribution in [3.63, 3.8) is 0 Å². The number of amides is 1. The van der Waals surface area contributed by atoms with Gasteiger partial charge in [-0.2, -0.15) is 4.98 Å². The highest BCUT2D eigenvalue weighted by Gasteiger charge is 2.27. The molecule has 0 saturated carbocycles. The molecule has 0 radical (unpaired) electrons. The molecule has 1 amide bonds. The zero-order valence-electron chi connectivity index (χ0n) is 16.4. The first-order valence-corrected chi connectivity index (χ1v) is 10.7. The van der Waals surface area contributed by atoms with Crippen molar-refractivity contribution in [2.24, 2.45) is 5.92 Å². The lowest BCUT2D eigenvalue weighted by molar-refractivity contribution is -0.127. The Hall–Kier alpha value is -2.41. The van der Waals surface area contributed by atoms with Crippen molar-refractivity contribution in [1.29, 1.82) is 0 Å². The second kappa shape index (κ2) is 9.60. The maximum absolute atomic E-state index is 12.7. The molecular formula is C22H22Cl2N4O2. The highest BCUT2D eigenvalue weighted by atomic mass is 35.5. The number of nitrogens with zero attached hydrogens (tertiary/aromatic N) is 3. The van der Waals surface area contributed by atoms with E-state index < -0.39 is 0 Å². The highest BCUT2D eigenvalue weighted by molar-refractivity contribution is 6.35. The van der Waals surface area contributed by atoms with Gasteiger partial charge in [-0.25, -0.2) is 0 Å². The highest BCUT2D eigenvalue weighted by Crippen LogP contribution is 2.22. The van der Waals surface area contributed by atoms with Gasteiger partial charge in [-0.3, -0.25) is 9.69 Å². The Balaban J connectivity index is 1.32. The lowest BCUT2D eigenvalue weighted by Gasteiger charge is -2.30. The summed E-state index contributed by atoms with van der Waals surface area (Å²) in [7, 11) is 0. The monoisotopic (exact) mass is 444 g/mol. The Morgan fingerprint density at radius 1 is 1.20 bits per heavy atom. The molecular weight excluding hydrogens is 423 g/mol. The van der Waals surface area contributed by atoms with Gasteiger partial charge in [0.05, 0.1) is 12.5 Å². The van der Waals surface area contributed by atoms with Gasteiger partial charge in [-0.15, -0.1) is 0 Å². The van der Waals surface area contributed by atoms with E-state index in [2.05, 4.69) is 20.4 Å². The summed E-state index contributed by atoms with van der Waals surface area (Å²) < 4.78 is 5.42. The number of carbonyl (C=O) groups is 1. The van der Waals surface area contributed by atoms with Crippen LogP contribution in [0.5, 0.6) is 0 Å². The Labute approximate surface area is 185 Å². The third kappa shape index (κ3) is 5.19. The molecule has 1 saturated heterocycles. The third-order valence-corrected chi connectivity index (χ3v) is 5.79. The molecule has 3 aromatic rings. The molecule has 0 spiro atoms. The smallest absolute Gasteiger partial charge is 0.241 e. The fourth-order valence-corrected chi connectivity index (χ4v) is 4.10. The Morgan fingerprint density at radius 2 is 2.03 bits per heavy atom. The van der Waals surface area contributed by atoms with Crippen molar-refractivity contribution < 1.29 is 9.32 Å². The average Bonchev–Trinajstić information content (AvgIpc) is 3.22. The first-order valence-electron chi connectivity index (χ1n) is 9.90. The van der Waals surface area contributed by atoms with Crippen LogP contribution in [0.15, 0.2) is 53.1 Å². The maximum atomic E-state index is 12.7. The van der Waals surface area contributed by atoms with Crippen LogP contribution < -0.4 is 5.32 Å². The summed E-state index contributed by atoms with van der Waals surface area (Å²) in [6.07, 6.45) is 1.80. The molecule has 1 aliphatic heterocycles. The van der Waals surface area contributed by atoms with E-state index in [1.54, 1.807) is 12.1 Å². The number of piperidine rings is 1. The lowest BCUT2D eigenvalue weighted by Crippen LogP contribution is -2.42. The number of halogens is 2. The van der Waals surface area contributed by atoms with Crippen LogP contribution in [0.4, 0.5) is 0 Å². The third-order valence-electron chi connectivity index (χ3n) is 5.20. The first kappa shape index (κ1) is 20.8. The van der Waals surface area contributed by atoms with E-state index in [1.165, 1.54) is 0 Å². The minimum Gasteiger partial charge on any atom is -0.352 e. The van der Waals surface area contributed by atoms with Gasteiger partial charge in [0.2, 0.25) is 17.6 Å². The van der Waals surface area contributed by atoms with Crippen molar-refractivity contribution >= 4 is 29.1 Å². The number of hydrogen-bond acceptors (Lipinski definition) is 5. The number of rotatable bonds is 6. The Kier molecular flexibility index (Phi) is 6.67. The number of hydrogen-bond donors (Lipinski definition) is 1. The summed E-state index contributed by atoms with van der Waals surface area (Å²) in [5.74, 6) is 1.09. The summed E-state index contributed by atoms with van der Waals surface area (Å²) in [5.41, 5.74) is 1.77. The fraction of sp³-hybridized carbons (Fsp3) is 0.318. The summed E-state index contributed by atoms with van der Waals surface area (Å²) >= 11 is 12.1. The molecule has 0 bridgehead atoms. The standard InChI is InChI=1S/C22H22Cl2N4O2/c23-18-9-8-16(19(24)11-18)12-25-22(29)17-7-4-10-28(13-17)14-20-26-21(27-30-20)15-5-2-1-3-6-15/h1-3,5-6,8-9,11,17H,4,7,10,12-14H2,(H,25,29). The van der Waals surface area contributed by atoms with Crippen molar-refractivity contribution in [3.05, 3.63) is 70.0 Å². The molecule has 4 rings (SSSR count). The molecule has 1 fully saturated rings. The summed E-state index contributed by atoms with van der Waals surface area (Å²) in [6, 6.07) is 15.0. The van der Waals surface area contributed by atoms with Gasteiger partial charge in [0.25, 0.3) is 0 Å². The molecule has 1 aliphatic rings. The van der Waals surface area contributed by atoms with Crippen LogP contribution >= 0.6 is 23.2 Å². The van der Waals surface area contributed by atoms with Gasteiger partial charge >= 0.3 is 0 Å². The van der Waals surface area contributed by atoms with E-state index in [9.17, 15) is 4.79 Å². The molecule has 2 aromatic carbocycles. The minimum atomic E-state index is -0.0821. The van der Waals surface area contributed by atoms with Gasteiger partial charge in [0.15, 0.2) is 0 Å². The summed E-state index contributed by atoms with van der Waals surface area (Å²) in [6.45, 7) is 2.47. The number of likely N-dealkylation sites (tertiary alicyclic amines) is 1. The number of aromatic nitrogens is 2. The van der Waals surface area contributed by atoms with Crippen molar-refractivity contribution in [2.45, 2.75) is 25.9 Å². The van der Waals surface area contributed by atoms with Crippen LogP contribution in [0.3, 0.4) is 0 Å². The normalized spacial score (nSPS) is 17.1. The molecule has 1 unspecified atom stereocenters. The van der Waals surface area contributed by atoms with E-state index in [1.807, 2.05) is 36.4 Å². The minimum absolute atomic E-state index is 0.0289. The van der Waals surface area contributed by atoms with Crippen molar-refractivity contribution in [2.75, 3.05) is 13.1 Å². The zero-order valence-corrected chi connectivity index (χ0v) is 17.9. The van der Waals surface area contributed by atoms with E-state index in [0.29, 0.717) is 41.4 Å². The van der Waals surface area contributed by atoms with Crippen LogP contribution in [-0.2, 0) is 17.9 Å². The van der Waals surface area contributed by atoms with Gasteiger partial charge < -0.3 is 9.84 Å². The van der Waals surface area contributed by atoms with E-state index in [4.69, 9.17) is 27.7 Å². The zero-order chi connectivity index (χ0) is 20.9. The molecule has 1 aromatic heterocycles. The molecule has 2 heterocycles. The van der Waals surface area contributed by atoms with Crippen LogP contribution in [-0.4, -0.2) is 34.0 Å². The summed E-state index contributed by atoms with van der Waals surface area (Å²) in [4.78, 5) is 19.4. The van der Waals surface area contributed by atoms with Gasteiger partial charge in [-0.1, -0.05) is 64.8 Å². The largest absolute Gasteiger partial charge is 0.352 e. The predicted octanol–water partition coefficient (Wildman–Crippen LogP) is 4.57. The molecule has 1 atom stereocenters. The molecule has 0 aliphatic carbocycles. The average molecular weight is 445 g/mol. The van der Waals surface area contributed by atoms with Gasteiger partial charge in [0.1, 0.15) is 0 Å². The molecule has 8 heteroatoms. The molecule has 30 heavy (non-hydrogen) atoms. The molecule has 6 nitrogen and oxygen atoms in total. The van der Waals surface area contributed by atoms with Crippen molar-refractivity contribution in [1.82, 2.24) is 20.4 Å². The van der Waals surface area contributed by atoms with Crippen LogP contribution in [0.1, 0.15) is 24.3 Å². The lowest BCUT2D eigenvalue weighted by atomic mass is 9.97. The first-order chi connectivity index (χ1) is 14.6.